The number of halogens is 1. The molecule has 1 aromatic carbocycles. The number of aliphatic hydroxyl groups is 1. The Morgan fingerprint density at radius 3 is 2.68 bits per heavy atom. The minimum absolute atomic E-state index is 0. The van der Waals surface area contributed by atoms with Gasteiger partial charge in [-0.15, -0.1) is 23.7 Å². The first-order valence-corrected chi connectivity index (χ1v) is 9.57. The number of thiophene rings is 1. The normalized spacial score (nSPS) is 17.7. The molecule has 138 valence electrons. The molecule has 25 heavy (non-hydrogen) atoms. The van der Waals surface area contributed by atoms with E-state index in [4.69, 9.17) is 5.73 Å². The van der Waals surface area contributed by atoms with Crippen LogP contribution in [0.5, 0.6) is 0 Å². The number of hydrogen-bond donors (Lipinski definition) is 3. The van der Waals surface area contributed by atoms with Crippen molar-refractivity contribution in [3.05, 3.63) is 35.2 Å². The molecule has 3 rings (SSSR count). The average molecular weight is 383 g/mol. The van der Waals surface area contributed by atoms with E-state index in [1.54, 1.807) is 11.3 Å². The largest absolute Gasteiger partial charge is 0.386 e. The summed E-state index contributed by atoms with van der Waals surface area (Å²) in [5.74, 6) is 0.00233. The van der Waals surface area contributed by atoms with E-state index in [0.29, 0.717) is 13.0 Å². The van der Waals surface area contributed by atoms with Crippen LogP contribution in [0.15, 0.2) is 30.3 Å². The summed E-state index contributed by atoms with van der Waals surface area (Å²) >= 11 is 1.58. The van der Waals surface area contributed by atoms with Gasteiger partial charge in [0.2, 0.25) is 5.91 Å². The second kappa shape index (κ2) is 8.99. The number of amides is 1. The van der Waals surface area contributed by atoms with Crippen LogP contribution in [0.25, 0.3) is 10.1 Å². The van der Waals surface area contributed by atoms with Crippen molar-refractivity contribution in [2.24, 2.45) is 11.1 Å². The predicted octanol–water partition coefficient (Wildman–Crippen LogP) is 3.77. The summed E-state index contributed by atoms with van der Waals surface area (Å²) in [5, 5.41) is 14.4. The number of nitrogens with two attached hydrogens (primary N) is 1. The van der Waals surface area contributed by atoms with E-state index < -0.39 is 6.10 Å². The van der Waals surface area contributed by atoms with Crippen molar-refractivity contribution >= 4 is 39.7 Å². The average Bonchev–Trinajstić information content (AvgIpc) is 3.04. The van der Waals surface area contributed by atoms with Crippen molar-refractivity contribution < 1.29 is 9.90 Å². The molecule has 6 heteroatoms. The van der Waals surface area contributed by atoms with Crippen LogP contribution in [0.1, 0.15) is 49.5 Å². The van der Waals surface area contributed by atoms with E-state index in [1.165, 1.54) is 6.42 Å². The molecule has 1 saturated carbocycles. The first-order valence-electron chi connectivity index (χ1n) is 8.75. The van der Waals surface area contributed by atoms with E-state index in [2.05, 4.69) is 5.32 Å². The zero-order valence-electron chi connectivity index (χ0n) is 14.4. The summed E-state index contributed by atoms with van der Waals surface area (Å²) in [4.78, 5) is 13.2. The van der Waals surface area contributed by atoms with Crippen molar-refractivity contribution in [1.29, 1.82) is 0 Å². The van der Waals surface area contributed by atoms with Crippen molar-refractivity contribution in [3.63, 3.8) is 0 Å². The SMILES string of the molecule is Cl.NCC1(CC(=O)NCC(O)c2cc3ccccc3s2)CCCCC1. The van der Waals surface area contributed by atoms with Gasteiger partial charge in [-0.3, -0.25) is 4.79 Å². The molecule has 1 aromatic heterocycles. The van der Waals surface area contributed by atoms with E-state index >= 15 is 0 Å². The van der Waals surface area contributed by atoms with E-state index in [1.807, 2.05) is 30.3 Å². The van der Waals surface area contributed by atoms with Crippen LogP contribution < -0.4 is 11.1 Å². The molecular weight excluding hydrogens is 356 g/mol. The van der Waals surface area contributed by atoms with Crippen LogP contribution in [0.4, 0.5) is 0 Å². The minimum atomic E-state index is -0.661. The Labute approximate surface area is 159 Å². The number of hydrogen-bond acceptors (Lipinski definition) is 4. The Morgan fingerprint density at radius 2 is 2.00 bits per heavy atom. The molecule has 0 bridgehead atoms. The van der Waals surface area contributed by atoms with Crippen molar-refractivity contribution in [2.45, 2.75) is 44.6 Å². The molecular formula is C19H27ClN2O2S. The van der Waals surface area contributed by atoms with Gasteiger partial charge in [-0.2, -0.15) is 0 Å². The highest BCUT2D eigenvalue weighted by Crippen LogP contribution is 2.38. The van der Waals surface area contributed by atoms with Crippen LogP contribution in [0.3, 0.4) is 0 Å². The molecule has 1 heterocycles. The molecule has 0 spiro atoms. The number of aliphatic hydroxyl groups excluding tert-OH is 1. The highest BCUT2D eigenvalue weighted by molar-refractivity contribution is 7.19. The van der Waals surface area contributed by atoms with E-state index in [-0.39, 0.29) is 30.3 Å². The third-order valence-electron chi connectivity index (χ3n) is 5.15. The molecule has 1 fully saturated rings. The summed E-state index contributed by atoms with van der Waals surface area (Å²) in [7, 11) is 0. The number of carbonyl (C=O) groups is 1. The van der Waals surface area contributed by atoms with Gasteiger partial charge in [-0.1, -0.05) is 37.5 Å². The first kappa shape index (κ1) is 20.2. The lowest BCUT2D eigenvalue weighted by molar-refractivity contribution is -0.124. The molecule has 1 atom stereocenters. The zero-order chi connectivity index (χ0) is 17.0. The summed E-state index contributed by atoms with van der Waals surface area (Å²) in [6.45, 7) is 0.825. The fraction of sp³-hybridized carbons (Fsp3) is 0.526. The molecule has 4 nitrogen and oxygen atoms in total. The third kappa shape index (κ3) is 4.94. The highest BCUT2D eigenvalue weighted by Gasteiger charge is 2.33. The Kier molecular flexibility index (Phi) is 7.25. The lowest BCUT2D eigenvalue weighted by Crippen LogP contribution is -2.39. The fourth-order valence-corrected chi connectivity index (χ4v) is 4.69. The Bertz CT molecular complexity index is 665. The van der Waals surface area contributed by atoms with Gasteiger partial charge in [0, 0.05) is 22.5 Å². The van der Waals surface area contributed by atoms with Crippen LogP contribution in [0.2, 0.25) is 0 Å². The molecule has 1 aliphatic carbocycles. The Balaban J connectivity index is 0.00000225. The maximum absolute atomic E-state index is 12.3. The van der Waals surface area contributed by atoms with E-state index in [9.17, 15) is 9.90 Å². The number of rotatable bonds is 6. The molecule has 2 aromatic rings. The quantitative estimate of drug-likeness (QED) is 0.711. The molecule has 0 aliphatic heterocycles. The van der Waals surface area contributed by atoms with Crippen molar-refractivity contribution in [1.82, 2.24) is 5.32 Å². The summed E-state index contributed by atoms with van der Waals surface area (Å²) in [6, 6.07) is 10.1. The summed E-state index contributed by atoms with van der Waals surface area (Å²) in [6.07, 6.45) is 5.46. The van der Waals surface area contributed by atoms with Gasteiger partial charge in [0.15, 0.2) is 0 Å². The lowest BCUT2D eigenvalue weighted by Gasteiger charge is -2.35. The minimum Gasteiger partial charge on any atom is -0.386 e. The highest BCUT2D eigenvalue weighted by atomic mass is 35.5. The van der Waals surface area contributed by atoms with Crippen LogP contribution in [-0.2, 0) is 4.79 Å². The molecule has 1 unspecified atom stereocenters. The molecule has 0 radical (unpaired) electrons. The third-order valence-corrected chi connectivity index (χ3v) is 6.37. The smallest absolute Gasteiger partial charge is 0.220 e. The van der Waals surface area contributed by atoms with Crippen molar-refractivity contribution in [2.75, 3.05) is 13.1 Å². The fourth-order valence-electron chi connectivity index (χ4n) is 3.64. The van der Waals surface area contributed by atoms with Crippen molar-refractivity contribution in [3.8, 4) is 0 Å². The zero-order valence-corrected chi connectivity index (χ0v) is 16.0. The maximum Gasteiger partial charge on any atom is 0.220 e. The second-order valence-corrected chi connectivity index (χ2v) is 8.06. The summed E-state index contributed by atoms with van der Waals surface area (Å²) < 4.78 is 1.15. The first-order chi connectivity index (χ1) is 11.6. The predicted molar refractivity (Wildman–Crippen MR) is 106 cm³/mol. The van der Waals surface area contributed by atoms with Gasteiger partial charge >= 0.3 is 0 Å². The van der Waals surface area contributed by atoms with Gasteiger partial charge in [0.1, 0.15) is 6.10 Å². The standard InChI is InChI=1S/C19H26N2O2S.ClH/c20-13-19(8-4-1-5-9-19)11-18(23)21-12-15(22)17-10-14-6-2-3-7-16(14)24-17;/h2-3,6-7,10,15,22H,1,4-5,8-9,11-13,20H2,(H,21,23);1H. The van der Waals surface area contributed by atoms with Gasteiger partial charge < -0.3 is 16.2 Å². The molecule has 1 aliphatic rings. The summed E-state index contributed by atoms with van der Waals surface area (Å²) in [5.41, 5.74) is 5.91. The van der Waals surface area contributed by atoms with Crippen LogP contribution >= 0.6 is 23.7 Å². The number of benzene rings is 1. The molecule has 1 amide bonds. The Morgan fingerprint density at radius 1 is 1.28 bits per heavy atom. The number of carbonyl (C=O) groups excluding carboxylic acids is 1. The van der Waals surface area contributed by atoms with Gasteiger partial charge in [0.05, 0.1) is 0 Å². The Hall–Kier alpha value is -1.14. The van der Waals surface area contributed by atoms with Crippen LogP contribution in [-0.4, -0.2) is 24.1 Å². The second-order valence-electron chi connectivity index (χ2n) is 6.95. The van der Waals surface area contributed by atoms with Crippen LogP contribution in [0, 0.1) is 5.41 Å². The van der Waals surface area contributed by atoms with E-state index in [0.717, 1.165) is 40.6 Å². The molecule has 4 N–H and O–H groups in total. The topological polar surface area (TPSA) is 75.4 Å². The monoisotopic (exact) mass is 382 g/mol. The number of nitrogens with one attached hydrogen (secondary N) is 1. The maximum atomic E-state index is 12.3. The van der Waals surface area contributed by atoms with Gasteiger partial charge in [-0.25, -0.2) is 0 Å². The number of fused-ring (bicyclic) bond motifs is 1. The van der Waals surface area contributed by atoms with Gasteiger partial charge in [0.25, 0.3) is 0 Å². The van der Waals surface area contributed by atoms with Gasteiger partial charge in [-0.05, 0) is 42.3 Å². The molecule has 0 saturated heterocycles. The lowest BCUT2D eigenvalue weighted by atomic mass is 9.71.